The van der Waals surface area contributed by atoms with Gasteiger partial charge in [-0.1, -0.05) is 18.2 Å². The van der Waals surface area contributed by atoms with Crippen LogP contribution in [0.15, 0.2) is 46.0 Å². The van der Waals surface area contributed by atoms with Crippen molar-refractivity contribution in [3.63, 3.8) is 0 Å². The Kier molecular flexibility index (Phi) is 6.61. The third kappa shape index (κ3) is 4.67. The molecule has 8 heteroatoms. The second-order valence-corrected chi connectivity index (χ2v) is 10.5. The molecular formula is C20H27N3O3S2. The number of carbonyl (C=O) groups is 1. The summed E-state index contributed by atoms with van der Waals surface area (Å²) in [5.41, 5.74) is 1.67. The molecule has 1 atom stereocenters. The number of likely N-dealkylation sites (tertiary alicyclic amines) is 1. The van der Waals surface area contributed by atoms with Gasteiger partial charge in [0.2, 0.25) is 0 Å². The van der Waals surface area contributed by atoms with Crippen molar-refractivity contribution in [1.29, 1.82) is 0 Å². The van der Waals surface area contributed by atoms with E-state index in [2.05, 4.69) is 5.32 Å². The minimum Gasteiger partial charge on any atom is -0.378 e. The summed E-state index contributed by atoms with van der Waals surface area (Å²) in [5, 5.41) is 3.79. The maximum Gasteiger partial charge on any atom is 0.317 e. The van der Waals surface area contributed by atoms with Crippen LogP contribution in [0.25, 0.3) is 0 Å². The Bertz CT molecular complexity index is 872. The molecule has 1 N–H and O–H groups in total. The Hall–Kier alpha value is -2.06. The molecule has 2 heterocycles. The molecule has 1 aliphatic heterocycles. The summed E-state index contributed by atoms with van der Waals surface area (Å²) < 4.78 is 26.8. The molecule has 152 valence electrons. The third-order valence-corrected chi connectivity index (χ3v) is 8.55. The van der Waals surface area contributed by atoms with Gasteiger partial charge in [0.15, 0.2) is 9.84 Å². The molecule has 2 amide bonds. The fourth-order valence-electron chi connectivity index (χ4n) is 3.35. The summed E-state index contributed by atoms with van der Waals surface area (Å²) in [6, 6.07) is 10.6. The van der Waals surface area contributed by atoms with E-state index in [0.29, 0.717) is 9.77 Å². The highest BCUT2D eigenvalue weighted by Crippen LogP contribution is 2.32. The molecular weight excluding hydrogens is 394 g/mol. The van der Waals surface area contributed by atoms with Crippen molar-refractivity contribution in [3.05, 3.63) is 47.3 Å². The van der Waals surface area contributed by atoms with E-state index in [1.165, 1.54) is 11.3 Å². The molecule has 0 aliphatic carbocycles. The number of thiophene rings is 1. The maximum atomic E-state index is 13.2. The number of hydrogen-bond acceptors (Lipinski definition) is 5. The van der Waals surface area contributed by atoms with Gasteiger partial charge in [-0.2, -0.15) is 0 Å². The second-order valence-electron chi connectivity index (χ2n) is 7.19. The average Bonchev–Trinajstić information content (AvgIpc) is 3.24. The van der Waals surface area contributed by atoms with Crippen LogP contribution in [0.4, 0.5) is 10.5 Å². The Morgan fingerprint density at radius 2 is 1.82 bits per heavy atom. The quantitative estimate of drug-likeness (QED) is 0.775. The van der Waals surface area contributed by atoms with Crippen LogP contribution in [0.5, 0.6) is 0 Å². The molecule has 0 bridgehead atoms. The van der Waals surface area contributed by atoms with Crippen LogP contribution in [0, 0.1) is 0 Å². The van der Waals surface area contributed by atoms with Crippen molar-refractivity contribution in [1.82, 2.24) is 10.2 Å². The van der Waals surface area contributed by atoms with Gasteiger partial charge in [-0.05, 0) is 48.4 Å². The Labute approximate surface area is 171 Å². The second kappa shape index (κ2) is 8.96. The number of nitrogens with one attached hydrogen (secondary N) is 1. The van der Waals surface area contributed by atoms with Crippen LogP contribution < -0.4 is 10.2 Å². The van der Waals surface area contributed by atoms with Crippen LogP contribution in [0.1, 0.15) is 30.1 Å². The number of rotatable bonds is 6. The van der Waals surface area contributed by atoms with Gasteiger partial charge < -0.3 is 15.1 Å². The minimum absolute atomic E-state index is 0.0525. The lowest BCUT2D eigenvalue weighted by atomic mass is 10.1. The van der Waals surface area contributed by atoms with Gasteiger partial charge in [-0.15, -0.1) is 11.3 Å². The number of carbonyl (C=O) groups excluding carboxylic acids is 1. The Morgan fingerprint density at radius 1 is 1.14 bits per heavy atom. The van der Waals surface area contributed by atoms with E-state index in [1.54, 1.807) is 22.4 Å². The SMILES string of the molecule is CN(C)c1ccc([C@H](CNC(=O)N2CCCCC2)S(=O)(=O)c2cccs2)cc1. The highest BCUT2D eigenvalue weighted by Gasteiger charge is 2.31. The normalized spacial score (nSPS) is 15.9. The predicted molar refractivity (Wildman–Crippen MR) is 114 cm³/mol. The van der Waals surface area contributed by atoms with E-state index in [1.807, 2.05) is 43.3 Å². The lowest BCUT2D eigenvalue weighted by Gasteiger charge is -2.28. The van der Waals surface area contributed by atoms with E-state index in [4.69, 9.17) is 0 Å². The number of amides is 2. The molecule has 3 rings (SSSR count). The molecule has 1 fully saturated rings. The zero-order valence-electron chi connectivity index (χ0n) is 16.3. The molecule has 1 aromatic carbocycles. The lowest BCUT2D eigenvalue weighted by molar-refractivity contribution is 0.186. The summed E-state index contributed by atoms with van der Waals surface area (Å²) in [7, 11) is 0.278. The molecule has 0 unspecified atom stereocenters. The van der Waals surface area contributed by atoms with Gasteiger partial charge in [0.25, 0.3) is 0 Å². The number of anilines is 1. The number of nitrogens with zero attached hydrogens (tertiary/aromatic N) is 2. The first-order valence-electron chi connectivity index (χ1n) is 9.47. The average molecular weight is 422 g/mol. The van der Waals surface area contributed by atoms with Gasteiger partial charge in [-0.3, -0.25) is 0 Å². The summed E-state index contributed by atoms with van der Waals surface area (Å²) in [6.07, 6.45) is 3.13. The summed E-state index contributed by atoms with van der Waals surface area (Å²) in [6.45, 7) is 1.51. The number of sulfone groups is 1. The summed E-state index contributed by atoms with van der Waals surface area (Å²) in [4.78, 5) is 16.2. The van der Waals surface area contributed by atoms with Crippen LogP contribution in [0.3, 0.4) is 0 Å². The highest BCUT2D eigenvalue weighted by atomic mass is 32.2. The largest absolute Gasteiger partial charge is 0.378 e. The Balaban J connectivity index is 1.83. The minimum atomic E-state index is -3.60. The van der Waals surface area contributed by atoms with Crippen molar-refractivity contribution < 1.29 is 13.2 Å². The van der Waals surface area contributed by atoms with Crippen LogP contribution in [-0.4, -0.2) is 53.1 Å². The molecule has 0 saturated carbocycles. The molecule has 1 saturated heterocycles. The Morgan fingerprint density at radius 3 is 2.39 bits per heavy atom. The van der Waals surface area contributed by atoms with Crippen LogP contribution in [0.2, 0.25) is 0 Å². The molecule has 6 nitrogen and oxygen atoms in total. The maximum absolute atomic E-state index is 13.2. The molecule has 1 aliphatic rings. The fraction of sp³-hybridized carbons (Fsp3) is 0.450. The van der Waals surface area contributed by atoms with Crippen LogP contribution >= 0.6 is 11.3 Å². The smallest absolute Gasteiger partial charge is 0.317 e. The predicted octanol–water partition coefficient (Wildman–Crippen LogP) is 3.52. The first kappa shape index (κ1) is 20.7. The van der Waals surface area contributed by atoms with Gasteiger partial charge in [0, 0.05) is 39.4 Å². The molecule has 2 aromatic rings. The third-order valence-electron chi connectivity index (χ3n) is 5.01. The number of piperidine rings is 1. The number of urea groups is 1. The first-order valence-corrected chi connectivity index (χ1v) is 11.9. The van der Waals surface area contributed by atoms with E-state index in [-0.39, 0.29) is 12.6 Å². The van der Waals surface area contributed by atoms with Gasteiger partial charge in [-0.25, -0.2) is 13.2 Å². The van der Waals surface area contributed by atoms with E-state index < -0.39 is 15.1 Å². The molecule has 0 spiro atoms. The summed E-state index contributed by atoms with van der Waals surface area (Å²) >= 11 is 1.20. The highest BCUT2D eigenvalue weighted by molar-refractivity contribution is 7.93. The standard InChI is InChI=1S/C20H27N3O3S2/c1-22(2)17-10-8-16(9-11-17)18(28(25,26)19-7-6-14-27-19)15-21-20(24)23-12-4-3-5-13-23/h6-11,14,18H,3-5,12-13,15H2,1-2H3,(H,21,24)/t18-/m0/s1. The van der Waals surface area contributed by atoms with E-state index in [0.717, 1.165) is 38.0 Å². The van der Waals surface area contributed by atoms with Gasteiger partial charge >= 0.3 is 6.03 Å². The van der Waals surface area contributed by atoms with Crippen LogP contribution in [-0.2, 0) is 9.84 Å². The number of benzene rings is 1. The van der Waals surface area contributed by atoms with Crippen molar-refractivity contribution in [2.45, 2.75) is 28.7 Å². The fourth-order valence-corrected chi connectivity index (χ4v) is 6.22. The summed E-state index contributed by atoms with van der Waals surface area (Å²) in [5.74, 6) is 0. The van der Waals surface area contributed by atoms with Crippen molar-refractivity contribution in [2.75, 3.05) is 38.6 Å². The lowest BCUT2D eigenvalue weighted by Crippen LogP contribution is -2.44. The first-order chi connectivity index (χ1) is 13.4. The van der Waals surface area contributed by atoms with E-state index in [9.17, 15) is 13.2 Å². The van der Waals surface area contributed by atoms with Crippen molar-refractivity contribution >= 4 is 32.9 Å². The molecule has 28 heavy (non-hydrogen) atoms. The van der Waals surface area contributed by atoms with Gasteiger partial charge in [0.1, 0.15) is 9.46 Å². The zero-order valence-corrected chi connectivity index (χ0v) is 17.9. The number of hydrogen-bond donors (Lipinski definition) is 1. The zero-order chi connectivity index (χ0) is 20.1. The van der Waals surface area contributed by atoms with Gasteiger partial charge in [0.05, 0.1) is 0 Å². The van der Waals surface area contributed by atoms with E-state index >= 15 is 0 Å². The van der Waals surface area contributed by atoms with Crippen molar-refractivity contribution in [2.24, 2.45) is 0 Å². The topological polar surface area (TPSA) is 69.7 Å². The van der Waals surface area contributed by atoms with Crippen molar-refractivity contribution in [3.8, 4) is 0 Å². The monoisotopic (exact) mass is 421 g/mol. The molecule has 1 aromatic heterocycles. The molecule has 0 radical (unpaired) electrons.